The molecule has 4 unspecified atom stereocenters. The van der Waals surface area contributed by atoms with Gasteiger partial charge in [0, 0.05) is 12.2 Å². The number of carbonyl (C=O) groups excluding carboxylic acids is 3. The van der Waals surface area contributed by atoms with Crippen LogP contribution in [-0.4, -0.2) is 70.7 Å². The number of thiol groups is 1. The summed E-state index contributed by atoms with van der Waals surface area (Å²) in [6.45, 7) is 0. The van der Waals surface area contributed by atoms with E-state index < -0.39 is 47.9 Å². The minimum Gasteiger partial charge on any atom is -0.480 e. The summed E-state index contributed by atoms with van der Waals surface area (Å²) >= 11 is 5.46. The number of hydrogen-bond acceptors (Lipinski definition) is 7. The Labute approximate surface area is 226 Å². The Balaban J connectivity index is 2.18. The SMILES string of the molecule is CSCCC(NC(=O)C(Cc1ccccc1)NC(=O)C(N)Cc1ccccc1)C(=O)NC(CS)C(=O)O. The Hall–Kier alpha value is -3.02. The molecule has 0 aliphatic carbocycles. The average molecular weight is 547 g/mol. The predicted molar refractivity (Wildman–Crippen MR) is 149 cm³/mol. The third-order valence-electron chi connectivity index (χ3n) is 5.59. The number of rotatable bonds is 15. The quantitative estimate of drug-likeness (QED) is 0.183. The number of carboxylic acid groups (broad SMARTS) is 1. The molecule has 4 atom stereocenters. The zero-order valence-corrected chi connectivity index (χ0v) is 22.3. The van der Waals surface area contributed by atoms with Crippen LogP contribution in [0.25, 0.3) is 0 Å². The number of thioether (sulfide) groups is 1. The second kappa shape index (κ2) is 16.0. The second-order valence-electron chi connectivity index (χ2n) is 8.47. The number of carboxylic acids is 1. The molecule has 0 aliphatic rings. The summed E-state index contributed by atoms with van der Waals surface area (Å²) in [4.78, 5) is 50.4. The zero-order valence-electron chi connectivity index (χ0n) is 20.6. The molecule has 2 aromatic rings. The number of amides is 3. The number of hydrogen-bond donors (Lipinski definition) is 6. The molecule has 0 aliphatic heterocycles. The molecule has 2 aromatic carbocycles. The summed E-state index contributed by atoms with van der Waals surface area (Å²) in [7, 11) is 0. The van der Waals surface area contributed by atoms with E-state index in [1.54, 1.807) is 0 Å². The van der Waals surface area contributed by atoms with Crippen molar-refractivity contribution in [3.63, 3.8) is 0 Å². The van der Waals surface area contributed by atoms with Gasteiger partial charge in [-0.2, -0.15) is 24.4 Å². The van der Waals surface area contributed by atoms with E-state index in [4.69, 9.17) is 5.73 Å². The van der Waals surface area contributed by atoms with Gasteiger partial charge in [-0.15, -0.1) is 0 Å². The molecular weight excluding hydrogens is 512 g/mol. The van der Waals surface area contributed by atoms with Crippen LogP contribution in [0, 0.1) is 0 Å². The van der Waals surface area contributed by atoms with Gasteiger partial charge in [0.1, 0.15) is 18.1 Å². The lowest BCUT2D eigenvalue weighted by atomic mass is 10.0. The topological polar surface area (TPSA) is 151 Å². The molecule has 0 bridgehead atoms. The number of nitrogens with two attached hydrogens (primary N) is 1. The molecule has 6 N–H and O–H groups in total. The van der Waals surface area contributed by atoms with Crippen LogP contribution in [0.3, 0.4) is 0 Å². The smallest absolute Gasteiger partial charge is 0.327 e. The fourth-order valence-corrected chi connectivity index (χ4v) is 4.25. The highest BCUT2D eigenvalue weighted by Gasteiger charge is 2.30. The number of nitrogens with one attached hydrogen (secondary N) is 3. The van der Waals surface area contributed by atoms with Gasteiger partial charge >= 0.3 is 5.97 Å². The highest BCUT2D eigenvalue weighted by molar-refractivity contribution is 7.98. The molecule has 200 valence electrons. The average Bonchev–Trinajstić information content (AvgIpc) is 2.89. The first-order valence-corrected chi connectivity index (χ1v) is 13.8. The Bertz CT molecular complexity index is 1030. The number of carbonyl (C=O) groups is 4. The number of benzene rings is 2. The Morgan fingerprint density at radius 1 is 0.811 bits per heavy atom. The van der Waals surface area contributed by atoms with Crippen LogP contribution in [0.15, 0.2) is 60.7 Å². The van der Waals surface area contributed by atoms with Gasteiger partial charge in [0.05, 0.1) is 6.04 Å². The van der Waals surface area contributed by atoms with Gasteiger partial charge in [-0.05, 0) is 36.0 Å². The lowest BCUT2D eigenvalue weighted by Crippen LogP contribution is -2.58. The molecule has 0 saturated carbocycles. The van der Waals surface area contributed by atoms with Gasteiger partial charge in [-0.25, -0.2) is 4.79 Å². The van der Waals surface area contributed by atoms with Crippen molar-refractivity contribution in [2.24, 2.45) is 5.73 Å². The minimum absolute atomic E-state index is 0.101. The summed E-state index contributed by atoms with van der Waals surface area (Å²) in [5, 5.41) is 17.1. The van der Waals surface area contributed by atoms with Crippen LogP contribution in [0.2, 0.25) is 0 Å². The number of aliphatic carboxylic acids is 1. The monoisotopic (exact) mass is 546 g/mol. The van der Waals surface area contributed by atoms with E-state index in [1.807, 2.05) is 66.9 Å². The van der Waals surface area contributed by atoms with Crippen molar-refractivity contribution in [3.8, 4) is 0 Å². The van der Waals surface area contributed by atoms with Gasteiger partial charge < -0.3 is 26.8 Å². The maximum atomic E-state index is 13.3. The maximum Gasteiger partial charge on any atom is 0.327 e. The van der Waals surface area contributed by atoms with E-state index in [9.17, 15) is 24.3 Å². The van der Waals surface area contributed by atoms with E-state index in [-0.39, 0.29) is 18.6 Å². The Kier molecular flexibility index (Phi) is 13.0. The van der Waals surface area contributed by atoms with Crippen LogP contribution in [0.4, 0.5) is 0 Å². The van der Waals surface area contributed by atoms with E-state index in [0.717, 1.165) is 11.1 Å². The molecule has 3 amide bonds. The third kappa shape index (κ3) is 10.5. The second-order valence-corrected chi connectivity index (χ2v) is 9.82. The van der Waals surface area contributed by atoms with E-state index in [0.29, 0.717) is 12.2 Å². The van der Waals surface area contributed by atoms with E-state index >= 15 is 0 Å². The normalized spacial score (nSPS) is 14.0. The van der Waals surface area contributed by atoms with Crippen LogP contribution in [0.1, 0.15) is 17.5 Å². The maximum absolute atomic E-state index is 13.3. The predicted octanol–water partition coefficient (Wildman–Crippen LogP) is 1.02. The van der Waals surface area contributed by atoms with Gasteiger partial charge in [-0.3, -0.25) is 14.4 Å². The van der Waals surface area contributed by atoms with Gasteiger partial charge in [0.25, 0.3) is 0 Å². The van der Waals surface area contributed by atoms with Gasteiger partial charge in [0.15, 0.2) is 0 Å². The molecule has 0 saturated heterocycles. The van der Waals surface area contributed by atoms with Crippen molar-refractivity contribution in [1.29, 1.82) is 0 Å². The zero-order chi connectivity index (χ0) is 27.2. The molecule has 0 spiro atoms. The highest BCUT2D eigenvalue weighted by Crippen LogP contribution is 2.08. The molecule has 0 aromatic heterocycles. The summed E-state index contributed by atoms with van der Waals surface area (Å²) in [6.07, 6.45) is 2.61. The molecule has 0 fully saturated rings. The Morgan fingerprint density at radius 2 is 1.30 bits per heavy atom. The van der Waals surface area contributed by atoms with Crippen molar-refractivity contribution in [1.82, 2.24) is 16.0 Å². The molecular formula is C26H34N4O5S2. The lowest BCUT2D eigenvalue weighted by Gasteiger charge is -2.25. The highest BCUT2D eigenvalue weighted by atomic mass is 32.2. The van der Waals surface area contributed by atoms with Gasteiger partial charge in [0.2, 0.25) is 17.7 Å². The van der Waals surface area contributed by atoms with E-state index in [1.165, 1.54) is 11.8 Å². The van der Waals surface area contributed by atoms with Crippen molar-refractivity contribution >= 4 is 48.1 Å². The van der Waals surface area contributed by atoms with Crippen molar-refractivity contribution in [2.45, 2.75) is 43.4 Å². The third-order valence-corrected chi connectivity index (χ3v) is 6.60. The first kappa shape index (κ1) is 30.2. The van der Waals surface area contributed by atoms with Crippen molar-refractivity contribution in [2.75, 3.05) is 17.8 Å². The fraction of sp³-hybridized carbons (Fsp3) is 0.385. The van der Waals surface area contributed by atoms with Crippen molar-refractivity contribution in [3.05, 3.63) is 71.8 Å². The van der Waals surface area contributed by atoms with Crippen LogP contribution < -0.4 is 21.7 Å². The molecule has 37 heavy (non-hydrogen) atoms. The fourth-order valence-electron chi connectivity index (χ4n) is 3.53. The Morgan fingerprint density at radius 3 is 1.81 bits per heavy atom. The van der Waals surface area contributed by atoms with Crippen molar-refractivity contribution < 1.29 is 24.3 Å². The standard InChI is InChI=1S/C26H34N4O5S2/c1-37-13-12-20(24(32)30-22(16-36)26(34)35)28-25(33)21(15-18-10-6-3-7-11-18)29-23(31)19(27)14-17-8-4-2-5-9-17/h2-11,19-22,36H,12-16,27H2,1H3,(H,28,33)(H,29,31)(H,30,32)(H,34,35). The molecule has 2 rings (SSSR count). The van der Waals surface area contributed by atoms with Crippen LogP contribution in [-0.2, 0) is 32.0 Å². The van der Waals surface area contributed by atoms with Crippen LogP contribution in [0.5, 0.6) is 0 Å². The summed E-state index contributed by atoms with van der Waals surface area (Å²) in [5.41, 5.74) is 7.83. The first-order chi connectivity index (χ1) is 17.7. The minimum atomic E-state index is -1.22. The van der Waals surface area contributed by atoms with Crippen LogP contribution >= 0.6 is 24.4 Å². The summed E-state index contributed by atoms with van der Waals surface area (Å²) in [6, 6.07) is 14.4. The summed E-state index contributed by atoms with van der Waals surface area (Å²) < 4.78 is 0. The lowest BCUT2D eigenvalue weighted by molar-refractivity contribution is -0.141. The largest absolute Gasteiger partial charge is 0.480 e. The molecule has 0 radical (unpaired) electrons. The molecule has 11 heteroatoms. The van der Waals surface area contributed by atoms with E-state index in [2.05, 4.69) is 28.6 Å². The summed E-state index contributed by atoms with van der Waals surface area (Å²) in [5.74, 6) is -2.46. The molecule has 0 heterocycles. The molecule has 9 nitrogen and oxygen atoms in total. The first-order valence-electron chi connectivity index (χ1n) is 11.8. The van der Waals surface area contributed by atoms with Gasteiger partial charge in [-0.1, -0.05) is 60.7 Å².